The Kier molecular flexibility index (Phi) is 8.81. The molecule has 0 aromatic rings. The molecule has 0 rings (SSSR count). The van der Waals surface area contributed by atoms with Gasteiger partial charge in [-0.2, -0.15) is 0 Å². The van der Waals surface area contributed by atoms with Crippen LogP contribution in [0.25, 0.3) is 0 Å². The lowest BCUT2D eigenvalue weighted by molar-refractivity contribution is 0.121. The fraction of sp³-hybridized carbons (Fsp3) is 1.00. The lowest BCUT2D eigenvalue weighted by Gasteiger charge is -2.31. The van der Waals surface area contributed by atoms with E-state index in [9.17, 15) is 0 Å². The van der Waals surface area contributed by atoms with E-state index in [0.29, 0.717) is 0 Å². The molecule has 4 heteroatoms. The highest BCUT2D eigenvalue weighted by Crippen LogP contribution is 2.21. The van der Waals surface area contributed by atoms with Gasteiger partial charge in [-0.05, 0) is 38.8 Å². The van der Waals surface area contributed by atoms with Crippen LogP contribution in [-0.4, -0.2) is 27.2 Å². The second kappa shape index (κ2) is 8.56. The topological polar surface area (TPSA) is 18.5 Å². The van der Waals surface area contributed by atoms with Gasteiger partial charge < -0.3 is 8.85 Å². The van der Waals surface area contributed by atoms with Gasteiger partial charge in [0.2, 0.25) is 0 Å². The molecule has 0 N–H and O–H groups in total. The summed E-state index contributed by atoms with van der Waals surface area (Å²) in [6.45, 7) is 9.26. The van der Waals surface area contributed by atoms with Gasteiger partial charge in [0.05, 0.1) is 0 Å². The standard InChI is InChI=1S/C11H25ClO2Si/c1-5-13-15(6-2,7-3)14-11(4)9-8-10-12/h11H,5-10H2,1-4H3. The van der Waals surface area contributed by atoms with Gasteiger partial charge in [0.1, 0.15) is 0 Å². The summed E-state index contributed by atoms with van der Waals surface area (Å²) < 4.78 is 12.0. The molecule has 0 saturated heterocycles. The number of halogens is 1. The van der Waals surface area contributed by atoms with Crippen LogP contribution in [-0.2, 0) is 8.85 Å². The van der Waals surface area contributed by atoms with Crippen LogP contribution in [0, 0.1) is 0 Å². The van der Waals surface area contributed by atoms with Crippen LogP contribution in [0.5, 0.6) is 0 Å². The molecule has 0 heterocycles. The Morgan fingerprint density at radius 1 is 1.20 bits per heavy atom. The fourth-order valence-electron chi connectivity index (χ4n) is 1.71. The van der Waals surface area contributed by atoms with Crippen molar-refractivity contribution in [3.8, 4) is 0 Å². The first-order valence-electron chi connectivity index (χ1n) is 6.01. The molecule has 1 unspecified atom stereocenters. The smallest absolute Gasteiger partial charge is 0.337 e. The minimum atomic E-state index is -1.90. The minimum absolute atomic E-state index is 0.280. The maximum absolute atomic E-state index is 6.14. The van der Waals surface area contributed by atoms with Crippen molar-refractivity contribution in [1.29, 1.82) is 0 Å². The highest BCUT2D eigenvalue weighted by molar-refractivity contribution is 6.67. The van der Waals surface area contributed by atoms with E-state index in [0.717, 1.165) is 37.4 Å². The lowest BCUT2D eigenvalue weighted by atomic mass is 10.2. The molecule has 0 aromatic carbocycles. The van der Waals surface area contributed by atoms with Gasteiger partial charge in [0.25, 0.3) is 0 Å². The average molecular weight is 253 g/mol. The zero-order valence-corrected chi connectivity index (χ0v) is 12.3. The largest absolute Gasteiger partial charge is 0.394 e. The Morgan fingerprint density at radius 2 is 1.80 bits per heavy atom. The van der Waals surface area contributed by atoms with Crippen LogP contribution >= 0.6 is 11.6 Å². The van der Waals surface area contributed by atoms with E-state index < -0.39 is 8.56 Å². The maximum Gasteiger partial charge on any atom is 0.337 e. The molecular formula is C11H25ClO2Si. The van der Waals surface area contributed by atoms with Crippen LogP contribution in [0.1, 0.15) is 40.5 Å². The molecule has 0 aliphatic rings. The molecule has 0 aliphatic carbocycles. The van der Waals surface area contributed by atoms with E-state index in [4.69, 9.17) is 20.5 Å². The van der Waals surface area contributed by atoms with E-state index in [-0.39, 0.29) is 6.10 Å². The Labute approximate surface area is 101 Å². The van der Waals surface area contributed by atoms with Crippen LogP contribution in [0.3, 0.4) is 0 Å². The van der Waals surface area contributed by atoms with Gasteiger partial charge in [-0.25, -0.2) is 0 Å². The molecule has 0 spiro atoms. The summed E-state index contributed by atoms with van der Waals surface area (Å²) in [5, 5.41) is 0. The van der Waals surface area contributed by atoms with Crippen LogP contribution in [0.4, 0.5) is 0 Å². The van der Waals surface area contributed by atoms with Gasteiger partial charge in [0.15, 0.2) is 0 Å². The van der Waals surface area contributed by atoms with Crippen molar-refractivity contribution in [2.24, 2.45) is 0 Å². The fourth-order valence-corrected chi connectivity index (χ4v) is 4.55. The summed E-state index contributed by atoms with van der Waals surface area (Å²) in [4.78, 5) is 0. The molecule has 0 saturated carbocycles. The second-order valence-electron chi connectivity index (χ2n) is 3.81. The van der Waals surface area contributed by atoms with Gasteiger partial charge in [0, 0.05) is 18.6 Å². The van der Waals surface area contributed by atoms with Crippen molar-refractivity contribution in [3.63, 3.8) is 0 Å². The van der Waals surface area contributed by atoms with Crippen molar-refractivity contribution in [1.82, 2.24) is 0 Å². The van der Waals surface area contributed by atoms with E-state index in [1.54, 1.807) is 0 Å². The molecular weight excluding hydrogens is 228 g/mol. The van der Waals surface area contributed by atoms with Gasteiger partial charge in [-0.3, -0.25) is 0 Å². The molecule has 0 fully saturated rings. The number of hydrogen-bond donors (Lipinski definition) is 0. The SMILES string of the molecule is CCO[Si](CC)(CC)OC(C)CCCCl. The molecule has 1 atom stereocenters. The summed E-state index contributed by atoms with van der Waals surface area (Å²) in [7, 11) is -1.90. The molecule has 0 aromatic heterocycles. The second-order valence-corrected chi connectivity index (χ2v) is 7.95. The Balaban J connectivity index is 4.13. The van der Waals surface area contributed by atoms with E-state index >= 15 is 0 Å². The highest BCUT2D eigenvalue weighted by atomic mass is 35.5. The number of alkyl halides is 1. The molecule has 15 heavy (non-hydrogen) atoms. The number of hydrogen-bond acceptors (Lipinski definition) is 2. The first-order valence-corrected chi connectivity index (χ1v) is 8.78. The Hall–Kier alpha value is 0.427. The normalized spacial score (nSPS) is 14.2. The maximum atomic E-state index is 6.14. The average Bonchev–Trinajstić information content (AvgIpc) is 2.25. The predicted octanol–water partition coefficient (Wildman–Crippen LogP) is 3.93. The predicted molar refractivity (Wildman–Crippen MR) is 68.8 cm³/mol. The highest BCUT2D eigenvalue weighted by Gasteiger charge is 2.34. The first kappa shape index (κ1) is 15.4. The third-order valence-electron chi connectivity index (χ3n) is 2.64. The minimum Gasteiger partial charge on any atom is -0.394 e. The van der Waals surface area contributed by atoms with Crippen molar-refractivity contribution in [3.05, 3.63) is 0 Å². The summed E-state index contributed by atoms with van der Waals surface area (Å²) in [6.07, 6.45) is 2.33. The van der Waals surface area contributed by atoms with Crippen LogP contribution in [0.2, 0.25) is 12.1 Å². The van der Waals surface area contributed by atoms with Gasteiger partial charge in [-0.15, -0.1) is 11.6 Å². The van der Waals surface area contributed by atoms with Crippen molar-refractivity contribution >= 4 is 20.2 Å². The van der Waals surface area contributed by atoms with Crippen molar-refractivity contribution in [2.75, 3.05) is 12.5 Å². The summed E-state index contributed by atoms with van der Waals surface area (Å²) in [6, 6.07) is 2.06. The lowest BCUT2D eigenvalue weighted by Crippen LogP contribution is -2.43. The Bertz CT molecular complexity index is 152. The quantitative estimate of drug-likeness (QED) is 0.457. The Morgan fingerprint density at radius 3 is 2.20 bits per heavy atom. The van der Waals surface area contributed by atoms with E-state index in [1.807, 2.05) is 6.92 Å². The van der Waals surface area contributed by atoms with Crippen molar-refractivity contribution < 1.29 is 8.85 Å². The van der Waals surface area contributed by atoms with Crippen LogP contribution in [0.15, 0.2) is 0 Å². The van der Waals surface area contributed by atoms with Crippen molar-refractivity contribution in [2.45, 2.75) is 58.7 Å². The van der Waals surface area contributed by atoms with Crippen LogP contribution < -0.4 is 0 Å². The molecule has 0 bridgehead atoms. The van der Waals surface area contributed by atoms with E-state index in [1.165, 1.54) is 0 Å². The zero-order chi connectivity index (χ0) is 11.7. The van der Waals surface area contributed by atoms with E-state index in [2.05, 4.69) is 20.8 Å². The monoisotopic (exact) mass is 252 g/mol. The molecule has 92 valence electrons. The summed E-state index contributed by atoms with van der Waals surface area (Å²) in [5.41, 5.74) is 0. The number of rotatable bonds is 9. The molecule has 0 aliphatic heterocycles. The third kappa shape index (κ3) is 5.90. The van der Waals surface area contributed by atoms with Gasteiger partial charge >= 0.3 is 8.56 Å². The molecule has 2 nitrogen and oxygen atoms in total. The zero-order valence-electron chi connectivity index (χ0n) is 10.5. The summed E-state index contributed by atoms with van der Waals surface area (Å²) >= 11 is 5.67. The third-order valence-corrected chi connectivity index (χ3v) is 6.71. The summed E-state index contributed by atoms with van der Waals surface area (Å²) in [5.74, 6) is 0.717. The first-order chi connectivity index (χ1) is 7.14. The van der Waals surface area contributed by atoms with Gasteiger partial charge in [-0.1, -0.05) is 13.8 Å². The molecule has 0 radical (unpaired) electrons. The molecule has 0 amide bonds.